The van der Waals surface area contributed by atoms with Gasteiger partial charge >= 0.3 is 5.97 Å². The summed E-state index contributed by atoms with van der Waals surface area (Å²) in [4.78, 5) is 32.7. The topological polar surface area (TPSA) is 77.7 Å². The Bertz CT molecular complexity index is 1110. The third-order valence-corrected chi connectivity index (χ3v) is 5.89. The summed E-state index contributed by atoms with van der Waals surface area (Å²) < 4.78 is 5.15. The first-order valence-electron chi connectivity index (χ1n) is 10.9. The van der Waals surface area contributed by atoms with Gasteiger partial charge in [-0.05, 0) is 31.2 Å². The molecular weight excluding hydrogens is 428 g/mol. The van der Waals surface area contributed by atoms with E-state index in [9.17, 15) is 9.59 Å². The highest BCUT2D eigenvalue weighted by molar-refractivity contribution is 6.30. The molecule has 1 aromatic heterocycles. The number of aromatic amines is 1. The van der Waals surface area contributed by atoms with E-state index in [1.165, 1.54) is 0 Å². The predicted molar refractivity (Wildman–Crippen MR) is 128 cm³/mol. The third-order valence-electron chi connectivity index (χ3n) is 5.65. The van der Waals surface area contributed by atoms with Crippen LogP contribution in [-0.4, -0.2) is 61.1 Å². The smallest absolute Gasteiger partial charge is 0.356 e. The number of anilines is 2. The van der Waals surface area contributed by atoms with E-state index in [-0.39, 0.29) is 18.2 Å². The average Bonchev–Trinajstić information content (AvgIpc) is 3.17. The lowest BCUT2D eigenvalue weighted by atomic mass is 10.2. The maximum Gasteiger partial charge on any atom is 0.356 e. The minimum absolute atomic E-state index is 0.127. The van der Waals surface area contributed by atoms with Gasteiger partial charge in [0, 0.05) is 60.8 Å². The summed E-state index contributed by atoms with van der Waals surface area (Å²) >= 11 is 6.11. The number of H-pyrrole nitrogens is 1. The van der Waals surface area contributed by atoms with E-state index < -0.39 is 5.97 Å². The highest BCUT2D eigenvalue weighted by atomic mass is 35.5. The maximum atomic E-state index is 12.7. The number of nitrogens with one attached hydrogen (secondary N) is 2. The molecule has 1 aliphatic heterocycles. The number of piperazine rings is 1. The van der Waals surface area contributed by atoms with E-state index in [4.69, 9.17) is 16.3 Å². The second kappa shape index (κ2) is 10.1. The number of nitrogens with zero attached hydrogens (tertiary/aromatic N) is 2. The van der Waals surface area contributed by atoms with Gasteiger partial charge in [0.05, 0.1) is 12.3 Å². The second-order valence-electron chi connectivity index (χ2n) is 7.75. The molecule has 2 N–H and O–H groups in total. The number of hydrogen-bond donors (Lipinski definition) is 2. The van der Waals surface area contributed by atoms with Gasteiger partial charge in [0.25, 0.3) is 0 Å². The number of benzene rings is 2. The van der Waals surface area contributed by atoms with Gasteiger partial charge < -0.3 is 19.9 Å². The molecule has 1 amide bonds. The number of ether oxygens (including phenoxy) is 1. The van der Waals surface area contributed by atoms with E-state index in [1.807, 2.05) is 42.5 Å². The van der Waals surface area contributed by atoms with E-state index in [0.29, 0.717) is 18.7 Å². The van der Waals surface area contributed by atoms with Crippen LogP contribution in [0.15, 0.2) is 48.5 Å². The normalized spacial score (nSPS) is 14.5. The van der Waals surface area contributed by atoms with Crippen molar-refractivity contribution < 1.29 is 14.3 Å². The number of fused-ring (bicyclic) bond motifs is 1. The zero-order valence-electron chi connectivity index (χ0n) is 18.1. The van der Waals surface area contributed by atoms with E-state index in [1.54, 1.807) is 6.92 Å². The van der Waals surface area contributed by atoms with Crippen LogP contribution in [0, 0.1) is 0 Å². The predicted octanol–water partition coefficient (Wildman–Crippen LogP) is 4.15. The van der Waals surface area contributed by atoms with Crippen LogP contribution in [0.4, 0.5) is 11.4 Å². The Morgan fingerprint density at radius 1 is 1.09 bits per heavy atom. The highest BCUT2D eigenvalue weighted by Crippen LogP contribution is 2.28. The molecule has 1 fully saturated rings. The Balaban J connectivity index is 1.34. The van der Waals surface area contributed by atoms with Crippen LogP contribution in [0.2, 0.25) is 5.02 Å². The number of para-hydroxylation sites is 1. The lowest BCUT2D eigenvalue weighted by molar-refractivity contribution is -0.116. The van der Waals surface area contributed by atoms with Gasteiger partial charge in [-0.3, -0.25) is 9.69 Å². The molecule has 0 bridgehead atoms. The number of esters is 1. The van der Waals surface area contributed by atoms with Crippen molar-refractivity contribution in [3.05, 3.63) is 59.2 Å². The molecule has 0 atom stereocenters. The first kappa shape index (κ1) is 22.2. The molecule has 8 heteroatoms. The van der Waals surface area contributed by atoms with Gasteiger partial charge in [-0.25, -0.2) is 4.79 Å². The molecule has 2 aromatic carbocycles. The van der Waals surface area contributed by atoms with Crippen LogP contribution >= 0.6 is 11.6 Å². The molecule has 0 unspecified atom stereocenters. The van der Waals surface area contributed by atoms with Crippen molar-refractivity contribution in [3.8, 4) is 0 Å². The monoisotopic (exact) mass is 454 g/mol. The summed E-state index contributed by atoms with van der Waals surface area (Å²) in [5, 5.41) is 4.46. The van der Waals surface area contributed by atoms with Gasteiger partial charge in [-0.15, -0.1) is 0 Å². The van der Waals surface area contributed by atoms with Crippen molar-refractivity contribution in [2.75, 3.05) is 49.5 Å². The SMILES string of the molecule is CCOC(=O)c1[nH]c2ccccc2c1NC(=O)CCN1CCN(c2cccc(Cl)c2)CC1. The Morgan fingerprint density at radius 3 is 2.62 bits per heavy atom. The van der Waals surface area contributed by atoms with Crippen LogP contribution in [0.5, 0.6) is 0 Å². The van der Waals surface area contributed by atoms with Crippen molar-refractivity contribution >= 4 is 45.8 Å². The first-order chi connectivity index (χ1) is 15.5. The number of rotatable bonds is 7. The van der Waals surface area contributed by atoms with Gasteiger partial charge in [0.1, 0.15) is 5.69 Å². The molecule has 1 saturated heterocycles. The minimum Gasteiger partial charge on any atom is -0.461 e. The third kappa shape index (κ3) is 5.06. The maximum absolute atomic E-state index is 12.7. The van der Waals surface area contributed by atoms with E-state index >= 15 is 0 Å². The second-order valence-corrected chi connectivity index (χ2v) is 8.18. The lowest BCUT2D eigenvalue weighted by Gasteiger charge is -2.36. The number of carbonyl (C=O) groups is 2. The van der Waals surface area contributed by atoms with Crippen LogP contribution in [0.25, 0.3) is 10.9 Å². The Morgan fingerprint density at radius 2 is 1.88 bits per heavy atom. The summed E-state index contributed by atoms with van der Waals surface area (Å²) in [6, 6.07) is 15.4. The van der Waals surface area contributed by atoms with Crippen LogP contribution in [0.1, 0.15) is 23.8 Å². The molecule has 1 aliphatic rings. The average molecular weight is 455 g/mol. The first-order valence-corrected chi connectivity index (χ1v) is 11.2. The van der Waals surface area contributed by atoms with Crippen molar-refractivity contribution in [2.45, 2.75) is 13.3 Å². The Labute approximate surface area is 192 Å². The zero-order valence-corrected chi connectivity index (χ0v) is 18.8. The highest BCUT2D eigenvalue weighted by Gasteiger charge is 2.22. The van der Waals surface area contributed by atoms with Crippen molar-refractivity contribution in [2.24, 2.45) is 0 Å². The van der Waals surface area contributed by atoms with Crippen molar-refractivity contribution in [3.63, 3.8) is 0 Å². The van der Waals surface area contributed by atoms with E-state index in [2.05, 4.69) is 26.2 Å². The van der Waals surface area contributed by atoms with Gasteiger partial charge in [-0.2, -0.15) is 0 Å². The summed E-state index contributed by atoms with van der Waals surface area (Å²) in [5.41, 5.74) is 2.66. The number of carbonyl (C=O) groups excluding carboxylic acids is 2. The van der Waals surface area contributed by atoms with Crippen LogP contribution in [-0.2, 0) is 9.53 Å². The largest absolute Gasteiger partial charge is 0.461 e. The molecule has 3 aromatic rings. The molecule has 0 spiro atoms. The lowest BCUT2D eigenvalue weighted by Crippen LogP contribution is -2.47. The van der Waals surface area contributed by atoms with Crippen molar-refractivity contribution in [1.29, 1.82) is 0 Å². The molecule has 32 heavy (non-hydrogen) atoms. The molecular formula is C24H27ClN4O3. The Hall–Kier alpha value is -3.03. The molecule has 168 valence electrons. The summed E-state index contributed by atoms with van der Waals surface area (Å²) in [7, 11) is 0. The minimum atomic E-state index is -0.476. The summed E-state index contributed by atoms with van der Waals surface area (Å²) in [5.74, 6) is -0.603. The van der Waals surface area contributed by atoms with Gasteiger partial charge in [-0.1, -0.05) is 35.9 Å². The van der Waals surface area contributed by atoms with Crippen LogP contribution in [0.3, 0.4) is 0 Å². The fourth-order valence-electron chi connectivity index (χ4n) is 3.99. The fraction of sp³-hybridized carbons (Fsp3) is 0.333. The molecule has 2 heterocycles. The van der Waals surface area contributed by atoms with E-state index in [0.717, 1.165) is 47.8 Å². The van der Waals surface area contributed by atoms with Crippen LogP contribution < -0.4 is 10.2 Å². The molecule has 0 aliphatic carbocycles. The number of hydrogen-bond acceptors (Lipinski definition) is 5. The standard InChI is InChI=1S/C24H27ClN4O3/c1-2-32-24(31)23-22(19-8-3-4-9-20(19)26-23)27-21(30)10-11-28-12-14-29(15-13-28)18-7-5-6-17(25)16-18/h3-9,16,26H,2,10-15H2,1H3,(H,27,30). The summed E-state index contributed by atoms with van der Waals surface area (Å²) in [6.07, 6.45) is 0.346. The number of halogens is 1. The quantitative estimate of drug-likeness (QED) is 0.524. The molecule has 7 nitrogen and oxygen atoms in total. The number of aromatic nitrogens is 1. The number of amides is 1. The van der Waals surface area contributed by atoms with Gasteiger partial charge in [0.2, 0.25) is 5.91 Å². The molecule has 0 saturated carbocycles. The molecule has 4 rings (SSSR count). The molecule has 0 radical (unpaired) electrons. The zero-order chi connectivity index (χ0) is 22.5. The Kier molecular flexibility index (Phi) is 6.97. The summed E-state index contributed by atoms with van der Waals surface area (Å²) in [6.45, 7) is 6.21. The van der Waals surface area contributed by atoms with Gasteiger partial charge in [0.15, 0.2) is 0 Å². The van der Waals surface area contributed by atoms with Crippen molar-refractivity contribution in [1.82, 2.24) is 9.88 Å². The fourth-order valence-corrected chi connectivity index (χ4v) is 4.18.